The molecular weight excluding hydrogens is 578 g/mol. The van der Waals surface area contributed by atoms with E-state index >= 15 is 0 Å². The van der Waals surface area contributed by atoms with Gasteiger partial charge in [-0.2, -0.15) is 0 Å². The lowest BCUT2D eigenvalue weighted by Gasteiger charge is -2.33. The Bertz CT molecular complexity index is 1370. The minimum Gasteiger partial charge on any atom is -0.352 e. The number of aryl methyl sites for hydroxylation is 2. The summed E-state index contributed by atoms with van der Waals surface area (Å²) >= 11 is 3.39. The van der Waals surface area contributed by atoms with Gasteiger partial charge in [0.2, 0.25) is 11.8 Å². The van der Waals surface area contributed by atoms with Gasteiger partial charge in [-0.1, -0.05) is 70.4 Å². The van der Waals surface area contributed by atoms with Crippen LogP contribution in [-0.4, -0.2) is 43.8 Å². The zero-order valence-corrected chi connectivity index (χ0v) is 25.4. The summed E-state index contributed by atoms with van der Waals surface area (Å²) in [7, 11) is -4.09. The highest BCUT2D eigenvalue weighted by molar-refractivity contribution is 9.10. The quantitative estimate of drug-likeness (QED) is 0.305. The monoisotopic (exact) mass is 613 g/mol. The van der Waals surface area contributed by atoms with E-state index in [0.29, 0.717) is 12.1 Å². The molecule has 208 valence electrons. The van der Waals surface area contributed by atoms with Crippen LogP contribution < -0.4 is 9.62 Å². The molecule has 7 nitrogen and oxygen atoms in total. The predicted molar refractivity (Wildman–Crippen MR) is 159 cm³/mol. The van der Waals surface area contributed by atoms with E-state index < -0.39 is 28.5 Å². The second-order valence-corrected chi connectivity index (χ2v) is 12.7. The summed E-state index contributed by atoms with van der Waals surface area (Å²) in [4.78, 5) is 28.8. The van der Waals surface area contributed by atoms with Gasteiger partial charge in [0.15, 0.2) is 0 Å². The summed E-state index contributed by atoms with van der Waals surface area (Å²) in [5.74, 6) is -0.746. The lowest BCUT2D eigenvalue weighted by atomic mass is 10.1. The van der Waals surface area contributed by atoms with Crippen LogP contribution in [0, 0.1) is 13.8 Å². The van der Waals surface area contributed by atoms with Gasteiger partial charge in [-0.15, -0.1) is 0 Å². The van der Waals surface area contributed by atoms with Crippen molar-refractivity contribution in [1.82, 2.24) is 10.2 Å². The third-order valence-corrected chi connectivity index (χ3v) is 8.61. The molecule has 3 rings (SSSR count). The summed E-state index contributed by atoms with van der Waals surface area (Å²) in [6, 6.07) is 20.1. The Morgan fingerprint density at radius 1 is 0.872 bits per heavy atom. The zero-order valence-electron chi connectivity index (χ0n) is 23.0. The molecule has 3 aromatic rings. The SMILES string of the molecule is CC[C@H](C(=O)NC(C)C)N(Cc1ccc(C)cc1)C(=O)CN(c1ccc(Br)cc1)S(=O)(=O)c1ccc(C)cc1. The molecule has 1 atom stereocenters. The zero-order chi connectivity index (χ0) is 28.7. The van der Waals surface area contributed by atoms with Crippen molar-refractivity contribution < 1.29 is 18.0 Å². The van der Waals surface area contributed by atoms with Crippen molar-refractivity contribution in [2.24, 2.45) is 0 Å². The number of sulfonamides is 1. The van der Waals surface area contributed by atoms with Crippen LogP contribution in [0.1, 0.15) is 43.9 Å². The smallest absolute Gasteiger partial charge is 0.264 e. The average molecular weight is 615 g/mol. The summed E-state index contributed by atoms with van der Waals surface area (Å²) in [5.41, 5.74) is 3.20. The summed E-state index contributed by atoms with van der Waals surface area (Å²) < 4.78 is 29.6. The fraction of sp³-hybridized carbons (Fsp3) is 0.333. The second kappa shape index (κ2) is 13.3. The number of nitrogens with zero attached hydrogens (tertiary/aromatic N) is 2. The first-order valence-electron chi connectivity index (χ1n) is 12.9. The van der Waals surface area contributed by atoms with Crippen LogP contribution >= 0.6 is 15.9 Å². The molecule has 0 aromatic heterocycles. The molecule has 3 aromatic carbocycles. The van der Waals surface area contributed by atoms with Crippen molar-refractivity contribution in [3.8, 4) is 0 Å². The highest BCUT2D eigenvalue weighted by atomic mass is 79.9. The number of amides is 2. The molecule has 39 heavy (non-hydrogen) atoms. The highest BCUT2D eigenvalue weighted by Crippen LogP contribution is 2.26. The molecule has 0 aliphatic heterocycles. The molecule has 0 bridgehead atoms. The van der Waals surface area contributed by atoms with Crippen molar-refractivity contribution in [1.29, 1.82) is 0 Å². The summed E-state index contributed by atoms with van der Waals surface area (Å²) in [5, 5.41) is 2.91. The second-order valence-electron chi connectivity index (χ2n) is 9.90. The van der Waals surface area contributed by atoms with E-state index in [1.165, 1.54) is 17.0 Å². The molecule has 0 aliphatic rings. The number of anilines is 1. The molecule has 9 heteroatoms. The Labute approximate surface area is 240 Å². The fourth-order valence-corrected chi connectivity index (χ4v) is 5.84. The number of carbonyl (C=O) groups is 2. The topological polar surface area (TPSA) is 86.8 Å². The molecule has 0 saturated heterocycles. The van der Waals surface area contributed by atoms with Gasteiger partial charge in [-0.05, 0) is 76.1 Å². The van der Waals surface area contributed by atoms with E-state index in [1.807, 2.05) is 58.9 Å². The molecule has 0 unspecified atom stereocenters. The van der Waals surface area contributed by atoms with Gasteiger partial charge in [0.1, 0.15) is 12.6 Å². The van der Waals surface area contributed by atoms with Gasteiger partial charge >= 0.3 is 0 Å². The van der Waals surface area contributed by atoms with Crippen molar-refractivity contribution in [3.63, 3.8) is 0 Å². The van der Waals surface area contributed by atoms with E-state index in [2.05, 4.69) is 21.2 Å². The van der Waals surface area contributed by atoms with Crippen LogP contribution in [0.4, 0.5) is 5.69 Å². The van der Waals surface area contributed by atoms with Crippen LogP contribution in [-0.2, 0) is 26.2 Å². The minimum atomic E-state index is -4.09. The molecule has 0 aliphatic carbocycles. The number of nitrogens with one attached hydrogen (secondary N) is 1. The van der Waals surface area contributed by atoms with Crippen LogP contribution in [0.3, 0.4) is 0 Å². The molecule has 0 saturated carbocycles. The third-order valence-electron chi connectivity index (χ3n) is 6.29. The Kier molecular flexibility index (Phi) is 10.3. The average Bonchev–Trinajstić information content (AvgIpc) is 2.88. The Hall–Kier alpha value is -3.17. The van der Waals surface area contributed by atoms with Crippen molar-refractivity contribution in [3.05, 3.63) is 94.0 Å². The van der Waals surface area contributed by atoms with Crippen LogP contribution in [0.15, 0.2) is 82.2 Å². The van der Waals surface area contributed by atoms with Gasteiger partial charge in [0, 0.05) is 17.1 Å². The first-order chi connectivity index (χ1) is 18.4. The Morgan fingerprint density at radius 2 is 1.41 bits per heavy atom. The van der Waals surface area contributed by atoms with Gasteiger partial charge in [-0.3, -0.25) is 13.9 Å². The number of halogens is 1. The Balaban J connectivity index is 2.05. The minimum absolute atomic E-state index is 0.0819. The van der Waals surface area contributed by atoms with Crippen molar-refractivity contribution >= 4 is 43.5 Å². The standard InChI is InChI=1S/C30H36BrN3O4S/c1-6-28(30(36)32-21(2)3)33(19-24-11-7-22(4)8-12-24)29(35)20-34(26-15-13-25(31)14-16-26)39(37,38)27-17-9-23(5)10-18-27/h7-18,21,28H,6,19-20H2,1-5H3,(H,32,36)/t28-/m1/s1. The van der Waals surface area contributed by atoms with Crippen molar-refractivity contribution in [2.75, 3.05) is 10.8 Å². The van der Waals surface area contributed by atoms with E-state index in [4.69, 9.17) is 0 Å². The molecule has 1 N–H and O–H groups in total. The van der Waals surface area contributed by atoms with Gasteiger partial charge in [0.25, 0.3) is 10.0 Å². The normalized spacial score (nSPS) is 12.2. The number of carbonyl (C=O) groups excluding carboxylic acids is 2. The van der Waals surface area contributed by atoms with Crippen molar-refractivity contribution in [2.45, 2.75) is 64.6 Å². The van der Waals surface area contributed by atoms with E-state index in [9.17, 15) is 18.0 Å². The number of rotatable bonds is 11. The number of hydrogen-bond acceptors (Lipinski definition) is 4. The fourth-order valence-electron chi connectivity index (χ4n) is 4.16. The number of hydrogen-bond donors (Lipinski definition) is 1. The lowest BCUT2D eigenvalue weighted by molar-refractivity contribution is -0.140. The summed E-state index contributed by atoms with van der Waals surface area (Å²) in [6.45, 7) is 9.12. The van der Waals surface area contributed by atoms with Crippen LogP contribution in [0.2, 0.25) is 0 Å². The van der Waals surface area contributed by atoms with E-state index in [-0.39, 0.29) is 23.4 Å². The molecular formula is C30H36BrN3O4S. The molecule has 0 heterocycles. The molecule has 0 fully saturated rings. The maximum Gasteiger partial charge on any atom is 0.264 e. The van der Waals surface area contributed by atoms with E-state index in [1.54, 1.807) is 36.4 Å². The predicted octanol–water partition coefficient (Wildman–Crippen LogP) is 5.59. The van der Waals surface area contributed by atoms with Gasteiger partial charge in [-0.25, -0.2) is 8.42 Å². The van der Waals surface area contributed by atoms with Crippen LogP contribution in [0.25, 0.3) is 0 Å². The van der Waals surface area contributed by atoms with Gasteiger partial charge < -0.3 is 10.2 Å². The first-order valence-corrected chi connectivity index (χ1v) is 15.2. The first kappa shape index (κ1) is 30.4. The maximum atomic E-state index is 14.0. The number of benzene rings is 3. The molecule has 0 spiro atoms. The largest absolute Gasteiger partial charge is 0.352 e. The van der Waals surface area contributed by atoms with E-state index in [0.717, 1.165) is 25.5 Å². The summed E-state index contributed by atoms with van der Waals surface area (Å²) in [6.07, 6.45) is 0.374. The molecule has 0 radical (unpaired) electrons. The highest BCUT2D eigenvalue weighted by Gasteiger charge is 2.33. The Morgan fingerprint density at radius 3 is 1.92 bits per heavy atom. The maximum absolute atomic E-state index is 14.0. The lowest BCUT2D eigenvalue weighted by Crippen LogP contribution is -2.53. The molecule has 2 amide bonds. The van der Waals surface area contributed by atoms with Crippen LogP contribution in [0.5, 0.6) is 0 Å². The van der Waals surface area contributed by atoms with Gasteiger partial charge in [0.05, 0.1) is 10.6 Å². The third kappa shape index (κ3) is 7.92.